The number of rotatable bonds is 7. The van der Waals surface area contributed by atoms with Gasteiger partial charge in [-0.15, -0.1) is 0 Å². The van der Waals surface area contributed by atoms with Crippen LogP contribution in [-0.2, 0) is 11.3 Å². The smallest absolute Gasteiger partial charge is 0.246 e. The fourth-order valence-electron chi connectivity index (χ4n) is 4.36. The number of hydrogen-bond donors (Lipinski definition) is 0. The highest BCUT2D eigenvalue weighted by Crippen LogP contribution is 2.27. The molecular formula is C27H34N4O2. The third-order valence-corrected chi connectivity index (χ3v) is 6.66. The maximum absolute atomic E-state index is 13.7. The summed E-state index contributed by atoms with van der Waals surface area (Å²) in [6, 6.07) is 16.7. The lowest BCUT2D eigenvalue weighted by Gasteiger charge is -2.37. The topological polar surface area (TPSA) is 62.5 Å². The largest absolute Gasteiger partial charge is 0.371 e. The molecule has 1 fully saturated rings. The zero-order valence-electron chi connectivity index (χ0n) is 20.1. The molecule has 1 aliphatic rings. The lowest BCUT2D eigenvalue weighted by atomic mass is 9.95. The number of hydrogen-bond acceptors (Lipinski definition) is 5. The van der Waals surface area contributed by atoms with Crippen LogP contribution < -0.4 is 4.90 Å². The molecule has 4 rings (SSSR count). The lowest BCUT2D eigenvalue weighted by molar-refractivity contribution is -0.139. The van der Waals surface area contributed by atoms with Gasteiger partial charge in [0.05, 0.1) is 5.92 Å². The molecule has 33 heavy (non-hydrogen) atoms. The fraction of sp³-hybridized carbons (Fsp3) is 0.444. The summed E-state index contributed by atoms with van der Waals surface area (Å²) in [5.41, 5.74) is 4.53. The van der Waals surface area contributed by atoms with E-state index >= 15 is 0 Å². The fourth-order valence-corrected chi connectivity index (χ4v) is 4.36. The van der Waals surface area contributed by atoms with Crippen LogP contribution in [-0.4, -0.2) is 40.1 Å². The number of aryl methyl sites for hydroxylation is 2. The highest BCUT2D eigenvalue weighted by Gasteiger charge is 2.32. The molecule has 0 aliphatic carbocycles. The molecule has 0 bridgehead atoms. The summed E-state index contributed by atoms with van der Waals surface area (Å²) in [6.07, 6.45) is 2.79. The van der Waals surface area contributed by atoms with Gasteiger partial charge in [0, 0.05) is 30.4 Å². The summed E-state index contributed by atoms with van der Waals surface area (Å²) in [4.78, 5) is 22.5. The molecule has 6 nitrogen and oxygen atoms in total. The van der Waals surface area contributed by atoms with E-state index in [9.17, 15) is 4.79 Å². The zero-order chi connectivity index (χ0) is 23.4. The molecular weight excluding hydrogens is 412 g/mol. The van der Waals surface area contributed by atoms with Gasteiger partial charge in [-0.1, -0.05) is 59.6 Å². The van der Waals surface area contributed by atoms with Crippen molar-refractivity contribution in [1.82, 2.24) is 15.0 Å². The lowest BCUT2D eigenvalue weighted by Crippen LogP contribution is -2.47. The van der Waals surface area contributed by atoms with Crippen LogP contribution in [0.5, 0.6) is 0 Å². The first kappa shape index (κ1) is 23.0. The average Bonchev–Trinajstić information content (AvgIpc) is 3.31. The van der Waals surface area contributed by atoms with Crippen molar-refractivity contribution in [3.05, 3.63) is 65.5 Å². The van der Waals surface area contributed by atoms with E-state index in [0.29, 0.717) is 18.3 Å². The van der Waals surface area contributed by atoms with Gasteiger partial charge in [0.25, 0.3) is 0 Å². The maximum atomic E-state index is 13.7. The number of carbonyl (C=O) groups is 1. The van der Waals surface area contributed by atoms with E-state index in [1.807, 2.05) is 36.1 Å². The molecule has 3 aromatic rings. The third kappa shape index (κ3) is 5.44. The van der Waals surface area contributed by atoms with Crippen molar-refractivity contribution in [3.8, 4) is 11.4 Å². The van der Waals surface area contributed by atoms with Crippen LogP contribution in [0.2, 0.25) is 0 Å². The van der Waals surface area contributed by atoms with Gasteiger partial charge in [-0.2, -0.15) is 4.98 Å². The van der Waals surface area contributed by atoms with Crippen LogP contribution in [0.25, 0.3) is 11.4 Å². The first-order chi connectivity index (χ1) is 15.9. The Kier molecular flexibility index (Phi) is 7.11. The van der Waals surface area contributed by atoms with Gasteiger partial charge >= 0.3 is 0 Å². The molecule has 1 saturated heterocycles. The number of aromatic nitrogens is 2. The second-order valence-electron chi connectivity index (χ2n) is 9.22. The van der Waals surface area contributed by atoms with Crippen LogP contribution in [0.15, 0.2) is 53.1 Å². The second kappa shape index (κ2) is 10.2. The van der Waals surface area contributed by atoms with Crippen molar-refractivity contribution in [1.29, 1.82) is 0 Å². The number of nitrogens with zero attached hydrogens (tertiary/aromatic N) is 4. The first-order valence-corrected chi connectivity index (χ1v) is 12.0. The van der Waals surface area contributed by atoms with Gasteiger partial charge in [0.15, 0.2) is 0 Å². The normalized spacial score (nSPS) is 17.1. The van der Waals surface area contributed by atoms with Gasteiger partial charge in [-0.05, 0) is 52.2 Å². The van der Waals surface area contributed by atoms with E-state index < -0.39 is 0 Å². The Labute approximate surface area is 196 Å². The Bertz CT molecular complexity index is 1060. The molecule has 6 heteroatoms. The quantitative estimate of drug-likeness (QED) is 0.486. The minimum atomic E-state index is -0.0338. The summed E-state index contributed by atoms with van der Waals surface area (Å²) in [5, 5.41) is 4.15. The van der Waals surface area contributed by atoms with Crippen molar-refractivity contribution in [2.45, 2.75) is 59.5 Å². The van der Waals surface area contributed by atoms with E-state index in [1.54, 1.807) is 0 Å². The molecule has 2 atom stereocenters. The number of anilines is 1. The van der Waals surface area contributed by atoms with Crippen LogP contribution in [0.1, 0.15) is 50.1 Å². The van der Waals surface area contributed by atoms with Crippen LogP contribution >= 0.6 is 0 Å². The Morgan fingerprint density at radius 3 is 2.45 bits per heavy atom. The molecule has 174 valence electrons. The van der Waals surface area contributed by atoms with Crippen LogP contribution in [0.4, 0.5) is 5.69 Å². The molecule has 2 aromatic carbocycles. The molecule has 2 heterocycles. The second-order valence-corrected chi connectivity index (χ2v) is 9.22. The average molecular weight is 447 g/mol. The summed E-state index contributed by atoms with van der Waals surface area (Å²) in [7, 11) is 0. The number of benzene rings is 2. The molecule has 0 spiro atoms. The van der Waals surface area contributed by atoms with Gasteiger partial charge in [0.1, 0.15) is 6.54 Å². The van der Waals surface area contributed by atoms with Gasteiger partial charge in [0.2, 0.25) is 17.6 Å². The Morgan fingerprint density at radius 2 is 1.79 bits per heavy atom. The van der Waals surface area contributed by atoms with Gasteiger partial charge < -0.3 is 14.3 Å². The highest BCUT2D eigenvalue weighted by molar-refractivity contribution is 5.80. The Balaban J connectivity index is 1.48. The van der Waals surface area contributed by atoms with E-state index in [4.69, 9.17) is 4.52 Å². The Morgan fingerprint density at radius 1 is 1.12 bits per heavy atom. The van der Waals surface area contributed by atoms with E-state index in [1.165, 1.54) is 16.8 Å². The summed E-state index contributed by atoms with van der Waals surface area (Å²) < 4.78 is 5.55. The van der Waals surface area contributed by atoms with E-state index in [-0.39, 0.29) is 17.9 Å². The molecule has 1 aromatic heterocycles. The van der Waals surface area contributed by atoms with E-state index in [2.05, 4.69) is 60.1 Å². The van der Waals surface area contributed by atoms with E-state index in [0.717, 1.165) is 37.9 Å². The van der Waals surface area contributed by atoms with Crippen molar-refractivity contribution < 1.29 is 9.32 Å². The SMILES string of the molecule is CC[C@@H](C)N(Cc1nc(-c2ccc(C)cc2)no1)C(=O)[C@H]1CCCN(c2ccc(C)cc2)C1. The van der Waals surface area contributed by atoms with Crippen molar-refractivity contribution in [2.24, 2.45) is 5.92 Å². The predicted octanol–water partition coefficient (Wildman–Crippen LogP) is 5.40. The van der Waals surface area contributed by atoms with Crippen molar-refractivity contribution in [2.75, 3.05) is 18.0 Å². The van der Waals surface area contributed by atoms with Crippen molar-refractivity contribution >= 4 is 11.6 Å². The zero-order valence-corrected chi connectivity index (χ0v) is 20.1. The standard InChI is InChI=1S/C27H34N4O2/c1-5-21(4)31(18-25-28-26(29-33-25)22-12-8-19(2)9-13-22)27(32)23-7-6-16-30(17-23)24-14-10-20(3)11-15-24/h8-15,21,23H,5-7,16-18H2,1-4H3/t21-,23+/m1/s1. The van der Waals surface area contributed by atoms with Gasteiger partial charge in [-0.3, -0.25) is 4.79 Å². The Hall–Kier alpha value is -3.15. The molecule has 0 N–H and O–H groups in total. The number of carbonyl (C=O) groups excluding carboxylic acids is 1. The third-order valence-electron chi connectivity index (χ3n) is 6.66. The molecule has 0 radical (unpaired) electrons. The number of piperidine rings is 1. The van der Waals surface area contributed by atoms with Crippen molar-refractivity contribution in [3.63, 3.8) is 0 Å². The predicted molar refractivity (Wildman–Crippen MR) is 131 cm³/mol. The summed E-state index contributed by atoms with van der Waals surface area (Å²) in [5.74, 6) is 1.18. The molecule has 0 saturated carbocycles. The minimum Gasteiger partial charge on any atom is -0.371 e. The first-order valence-electron chi connectivity index (χ1n) is 12.0. The monoisotopic (exact) mass is 446 g/mol. The van der Waals surface area contributed by atoms with Crippen LogP contribution in [0.3, 0.4) is 0 Å². The molecule has 0 unspecified atom stereocenters. The molecule has 1 amide bonds. The summed E-state index contributed by atoms with van der Waals surface area (Å²) in [6.45, 7) is 10.4. The maximum Gasteiger partial charge on any atom is 0.246 e. The summed E-state index contributed by atoms with van der Waals surface area (Å²) >= 11 is 0. The van der Waals surface area contributed by atoms with Crippen LogP contribution in [0, 0.1) is 19.8 Å². The highest BCUT2D eigenvalue weighted by atomic mass is 16.5. The number of amides is 1. The van der Waals surface area contributed by atoms with Gasteiger partial charge in [-0.25, -0.2) is 0 Å². The minimum absolute atomic E-state index is 0.0338. The molecule has 1 aliphatic heterocycles.